The molecule has 0 saturated heterocycles. The maximum absolute atomic E-state index is 2.84. The number of hydrogen-bond acceptors (Lipinski definition) is 2. The molecule has 0 rings (SSSR count). The smallest absolute Gasteiger partial charge is 0.0951 e. The fourth-order valence-corrected chi connectivity index (χ4v) is 7.90. The predicted molar refractivity (Wildman–Crippen MR) is 100 cm³/mol. The Bertz CT molecular complexity index is 193. The molecule has 2 atom stereocenters. The molecule has 0 aliphatic rings. The van der Waals surface area contributed by atoms with Gasteiger partial charge in [-0.2, -0.15) is 0 Å². The van der Waals surface area contributed by atoms with Gasteiger partial charge < -0.3 is 9.13 Å². The summed E-state index contributed by atoms with van der Waals surface area (Å²) in [5.74, 6) is 0. The third-order valence-electron chi connectivity index (χ3n) is 4.59. The summed E-state index contributed by atoms with van der Waals surface area (Å²) in [4.78, 5) is 0. The van der Waals surface area contributed by atoms with Gasteiger partial charge >= 0.3 is 0 Å². The first kappa shape index (κ1) is 20.4. The van der Waals surface area contributed by atoms with E-state index in [1.807, 2.05) is 0 Å². The highest BCUT2D eigenvalue weighted by molar-refractivity contribution is 6.38. The summed E-state index contributed by atoms with van der Waals surface area (Å²) in [6.07, 6.45) is 5.28. The Kier molecular flexibility index (Phi) is 13.3. The predicted octanol–water partition coefficient (Wildman–Crippen LogP) is 3.01. The van der Waals surface area contributed by atoms with Gasteiger partial charge in [0.15, 0.2) is 0 Å². The summed E-state index contributed by atoms with van der Waals surface area (Å²) < 4.78 is 5.67. The fraction of sp³-hybridized carbons (Fsp3) is 1.00. The molecule has 0 aromatic rings. The summed E-state index contributed by atoms with van der Waals surface area (Å²) in [7, 11) is 0.0190. The lowest BCUT2D eigenvalue weighted by molar-refractivity contribution is 0.337. The average Bonchev–Trinajstić information content (AvgIpc) is 2.47. The molecule has 0 spiro atoms. The summed E-state index contributed by atoms with van der Waals surface area (Å²) in [5.41, 5.74) is 0. The molecule has 0 heterocycles. The highest BCUT2D eigenvalue weighted by Gasteiger charge is 2.13. The first-order valence-corrected chi connectivity index (χ1v) is 12.3. The fourth-order valence-electron chi connectivity index (χ4n) is 2.83. The molecule has 2 nitrogen and oxygen atoms in total. The summed E-state index contributed by atoms with van der Waals surface area (Å²) in [6.45, 7) is 16.8. The van der Waals surface area contributed by atoms with Gasteiger partial charge in [-0.15, -0.1) is 0 Å². The van der Waals surface area contributed by atoms with Crippen LogP contribution in [0.4, 0.5) is 0 Å². The zero-order valence-electron chi connectivity index (χ0n) is 15.1. The molecule has 0 saturated carbocycles. The van der Waals surface area contributed by atoms with E-state index in [-0.39, 0.29) is 19.4 Å². The van der Waals surface area contributed by atoms with Crippen molar-refractivity contribution >= 4 is 19.4 Å². The van der Waals surface area contributed by atoms with Gasteiger partial charge in [0, 0.05) is 0 Å². The lowest BCUT2D eigenvalue weighted by atomic mass is 10.2. The topological polar surface area (TPSA) is 6.48 Å². The van der Waals surface area contributed by atoms with Gasteiger partial charge in [-0.3, -0.25) is 0 Å². The van der Waals surface area contributed by atoms with E-state index in [2.05, 4.69) is 50.7 Å². The molecule has 2 unspecified atom stereocenters. The quantitative estimate of drug-likeness (QED) is 0.381. The Morgan fingerprint density at radius 3 is 1.30 bits per heavy atom. The third-order valence-corrected chi connectivity index (χ3v) is 10.3. The number of hydrogen-bond donors (Lipinski definition) is 0. The molecule has 0 bridgehead atoms. The van der Waals surface area contributed by atoms with Crippen LogP contribution in [0.25, 0.3) is 0 Å². The second-order valence-electron chi connectivity index (χ2n) is 6.29. The highest BCUT2D eigenvalue weighted by Crippen LogP contribution is 2.08. The van der Waals surface area contributed by atoms with Crippen LogP contribution in [0.1, 0.15) is 67.2 Å². The van der Waals surface area contributed by atoms with E-state index in [0.717, 1.165) is 12.1 Å². The maximum Gasteiger partial charge on any atom is 0.0951 e. The molecular weight excluding hydrogens is 276 g/mol. The Morgan fingerprint density at radius 1 is 0.700 bits per heavy atom. The van der Waals surface area contributed by atoms with E-state index >= 15 is 0 Å². The van der Waals surface area contributed by atoms with Crippen LogP contribution in [-0.4, -0.2) is 53.7 Å². The molecule has 0 fully saturated rings. The van der Waals surface area contributed by atoms with Crippen LogP contribution in [0.2, 0.25) is 12.1 Å². The lowest BCUT2D eigenvalue weighted by Crippen LogP contribution is -2.38. The third kappa shape index (κ3) is 8.60. The van der Waals surface area contributed by atoms with Crippen molar-refractivity contribution < 1.29 is 0 Å². The molecule has 20 heavy (non-hydrogen) atoms. The Balaban J connectivity index is 4.00. The van der Waals surface area contributed by atoms with E-state index in [0.29, 0.717) is 0 Å². The monoisotopic (exact) mass is 316 g/mol. The molecule has 0 amide bonds. The van der Waals surface area contributed by atoms with Gasteiger partial charge in [-0.25, -0.2) is 0 Å². The molecule has 0 aromatic heterocycles. The van der Waals surface area contributed by atoms with E-state index in [4.69, 9.17) is 0 Å². The lowest BCUT2D eigenvalue weighted by Gasteiger charge is -2.30. The van der Waals surface area contributed by atoms with Gasteiger partial charge in [0.2, 0.25) is 0 Å². The molecule has 0 radical (unpaired) electrons. The van der Waals surface area contributed by atoms with Gasteiger partial charge in [-0.1, -0.05) is 53.6 Å². The standard InChI is InChI=1S/C16H40N2Si2/c1-7-11-17(15(5)9-3)19-13-14-20-18(12-8-2)16(6)10-4/h15-16H,7-14,19-20H2,1-6H3. The summed E-state index contributed by atoms with van der Waals surface area (Å²) >= 11 is 0. The van der Waals surface area contributed by atoms with Crippen molar-refractivity contribution in [2.45, 2.75) is 91.4 Å². The molecule has 122 valence electrons. The molecule has 0 aliphatic carbocycles. The normalized spacial score (nSPS) is 16.2. The zero-order valence-corrected chi connectivity index (χ0v) is 17.9. The second kappa shape index (κ2) is 13.0. The Labute approximate surface area is 133 Å². The summed E-state index contributed by atoms with van der Waals surface area (Å²) in [6, 6.07) is 4.75. The Hall–Kier alpha value is 0.354. The van der Waals surface area contributed by atoms with Crippen molar-refractivity contribution in [3.05, 3.63) is 0 Å². The van der Waals surface area contributed by atoms with Crippen LogP contribution in [0.5, 0.6) is 0 Å². The van der Waals surface area contributed by atoms with Crippen LogP contribution < -0.4 is 0 Å². The number of nitrogens with zero attached hydrogens (tertiary/aromatic N) is 2. The second-order valence-corrected chi connectivity index (χ2v) is 10.2. The minimum absolute atomic E-state index is 0.00948. The van der Waals surface area contributed by atoms with Crippen LogP contribution in [-0.2, 0) is 0 Å². The van der Waals surface area contributed by atoms with Crippen molar-refractivity contribution in [3.63, 3.8) is 0 Å². The maximum atomic E-state index is 2.84. The highest BCUT2D eigenvalue weighted by atomic mass is 28.2. The van der Waals surface area contributed by atoms with Gasteiger partial charge in [0.05, 0.1) is 19.4 Å². The molecular formula is C16H40N2Si2. The molecule has 0 aliphatic heterocycles. The van der Waals surface area contributed by atoms with Gasteiger partial charge in [0.1, 0.15) is 0 Å². The van der Waals surface area contributed by atoms with Crippen LogP contribution >= 0.6 is 0 Å². The molecule has 4 heteroatoms. The minimum Gasteiger partial charge on any atom is -0.327 e. The SMILES string of the molecule is CCCN([SiH2]CC[SiH2]N(CCC)C(C)CC)C(C)CC. The summed E-state index contributed by atoms with van der Waals surface area (Å²) in [5, 5.41) is 0. The van der Waals surface area contributed by atoms with Crippen LogP contribution in [0.3, 0.4) is 0 Å². The van der Waals surface area contributed by atoms with Crippen LogP contribution in [0, 0.1) is 0 Å². The Morgan fingerprint density at radius 2 is 1.05 bits per heavy atom. The van der Waals surface area contributed by atoms with Gasteiger partial charge in [0.25, 0.3) is 0 Å². The van der Waals surface area contributed by atoms with Crippen molar-refractivity contribution in [1.82, 2.24) is 9.13 Å². The van der Waals surface area contributed by atoms with Crippen molar-refractivity contribution in [3.8, 4) is 0 Å². The van der Waals surface area contributed by atoms with E-state index in [1.54, 1.807) is 12.1 Å². The van der Waals surface area contributed by atoms with Gasteiger partial charge in [-0.05, 0) is 50.9 Å². The van der Waals surface area contributed by atoms with Crippen molar-refractivity contribution in [2.75, 3.05) is 13.1 Å². The average molecular weight is 317 g/mol. The molecule has 0 N–H and O–H groups in total. The first-order valence-electron chi connectivity index (χ1n) is 9.08. The molecule has 0 aromatic carbocycles. The van der Waals surface area contributed by atoms with Crippen LogP contribution in [0.15, 0.2) is 0 Å². The zero-order chi connectivity index (χ0) is 15.4. The first-order chi connectivity index (χ1) is 9.60. The minimum atomic E-state index is 0.00948. The van der Waals surface area contributed by atoms with Crippen molar-refractivity contribution in [1.29, 1.82) is 0 Å². The van der Waals surface area contributed by atoms with E-state index in [1.165, 1.54) is 38.8 Å². The van der Waals surface area contributed by atoms with E-state index in [9.17, 15) is 0 Å². The van der Waals surface area contributed by atoms with E-state index < -0.39 is 0 Å². The van der Waals surface area contributed by atoms with Crippen molar-refractivity contribution in [2.24, 2.45) is 0 Å². The number of rotatable bonds is 13. The largest absolute Gasteiger partial charge is 0.327 e.